The van der Waals surface area contributed by atoms with Crippen molar-refractivity contribution < 1.29 is 14.0 Å². The molecule has 0 heterocycles. The van der Waals surface area contributed by atoms with Gasteiger partial charge in [0, 0.05) is 24.9 Å². The van der Waals surface area contributed by atoms with E-state index in [1.54, 1.807) is 0 Å². The number of hydrogen-bond acceptors (Lipinski definition) is 2. The molecule has 0 aliphatic rings. The fourth-order valence-electron chi connectivity index (χ4n) is 2.18. The lowest BCUT2D eigenvalue weighted by Gasteiger charge is -2.06. The molecule has 3 nitrogen and oxygen atoms in total. The van der Waals surface area contributed by atoms with E-state index in [1.807, 2.05) is 31.2 Å². The Hall–Kier alpha value is -2.49. The second-order valence-corrected chi connectivity index (χ2v) is 5.55. The zero-order valence-electron chi connectivity index (χ0n) is 13.1. The number of nitrogens with one attached hydrogen (secondary N) is 1. The third-order valence-electron chi connectivity index (χ3n) is 3.58. The van der Waals surface area contributed by atoms with E-state index in [2.05, 4.69) is 5.32 Å². The number of hydrogen-bond donors (Lipinski definition) is 1. The van der Waals surface area contributed by atoms with Crippen LogP contribution in [-0.4, -0.2) is 11.7 Å². The lowest BCUT2D eigenvalue weighted by molar-refractivity contribution is -0.121. The summed E-state index contributed by atoms with van der Waals surface area (Å²) in [6.07, 6.45) is 1.07. The molecule has 2 aromatic rings. The number of halogens is 1. The van der Waals surface area contributed by atoms with Crippen LogP contribution in [0.1, 0.15) is 40.7 Å². The molecule has 2 rings (SSSR count). The lowest BCUT2D eigenvalue weighted by Crippen LogP contribution is -2.22. The largest absolute Gasteiger partial charge is 0.352 e. The highest BCUT2D eigenvalue weighted by Crippen LogP contribution is 2.09. The van der Waals surface area contributed by atoms with Crippen molar-refractivity contribution in [3.05, 3.63) is 71.0 Å². The Morgan fingerprint density at radius 1 is 0.957 bits per heavy atom. The van der Waals surface area contributed by atoms with Crippen molar-refractivity contribution in [2.45, 2.75) is 32.7 Å². The molecule has 4 heteroatoms. The Labute approximate surface area is 135 Å². The normalized spacial score (nSPS) is 10.3. The van der Waals surface area contributed by atoms with Crippen LogP contribution in [0.3, 0.4) is 0 Å². The second-order valence-electron chi connectivity index (χ2n) is 5.55. The zero-order chi connectivity index (χ0) is 16.7. The van der Waals surface area contributed by atoms with Crippen LogP contribution in [0, 0.1) is 12.7 Å². The summed E-state index contributed by atoms with van der Waals surface area (Å²) >= 11 is 0. The van der Waals surface area contributed by atoms with E-state index < -0.39 is 0 Å². The van der Waals surface area contributed by atoms with Gasteiger partial charge in [-0.05, 0) is 43.2 Å². The fourth-order valence-corrected chi connectivity index (χ4v) is 2.18. The van der Waals surface area contributed by atoms with Gasteiger partial charge in [-0.3, -0.25) is 9.59 Å². The molecule has 0 saturated carbocycles. The summed E-state index contributed by atoms with van der Waals surface area (Å²) < 4.78 is 12.8. The number of amides is 1. The molecule has 120 valence electrons. The Balaban J connectivity index is 1.69. The number of aryl methyl sites for hydroxylation is 1. The summed E-state index contributed by atoms with van der Waals surface area (Å²) in [5.41, 5.74) is 2.71. The number of ketones is 1. The maximum absolute atomic E-state index is 12.8. The minimum absolute atomic E-state index is 0.0718. The van der Waals surface area contributed by atoms with E-state index in [4.69, 9.17) is 0 Å². The van der Waals surface area contributed by atoms with E-state index in [0.29, 0.717) is 24.9 Å². The van der Waals surface area contributed by atoms with Crippen molar-refractivity contribution >= 4 is 11.7 Å². The molecule has 23 heavy (non-hydrogen) atoms. The predicted molar refractivity (Wildman–Crippen MR) is 87.6 cm³/mol. The third kappa shape index (κ3) is 5.66. The molecule has 0 aromatic heterocycles. The van der Waals surface area contributed by atoms with E-state index in [1.165, 1.54) is 29.8 Å². The van der Waals surface area contributed by atoms with Crippen molar-refractivity contribution in [2.75, 3.05) is 0 Å². The number of carbonyl (C=O) groups excluding carboxylic acids is 2. The quantitative estimate of drug-likeness (QED) is 0.790. The van der Waals surface area contributed by atoms with Gasteiger partial charge in [-0.1, -0.05) is 29.8 Å². The summed E-state index contributed by atoms with van der Waals surface area (Å²) in [6, 6.07) is 13.4. The summed E-state index contributed by atoms with van der Waals surface area (Å²) in [4.78, 5) is 23.7. The molecule has 0 saturated heterocycles. The molecule has 0 spiro atoms. The second kappa shape index (κ2) is 8.22. The van der Waals surface area contributed by atoms with Crippen molar-refractivity contribution in [2.24, 2.45) is 0 Å². The number of carbonyl (C=O) groups is 2. The monoisotopic (exact) mass is 313 g/mol. The molecule has 0 bridgehead atoms. The average molecular weight is 313 g/mol. The van der Waals surface area contributed by atoms with Gasteiger partial charge in [0.15, 0.2) is 5.78 Å². The van der Waals surface area contributed by atoms with Crippen LogP contribution in [0.15, 0.2) is 48.5 Å². The molecule has 2 aromatic carbocycles. The van der Waals surface area contributed by atoms with E-state index in [0.717, 1.165) is 5.56 Å². The Bertz CT molecular complexity index is 663. The van der Waals surface area contributed by atoms with Gasteiger partial charge in [0.05, 0.1) is 0 Å². The number of Topliss-reactive ketones (excluding diaryl/α,β-unsaturated/α-hetero) is 1. The number of benzene rings is 2. The maximum Gasteiger partial charge on any atom is 0.220 e. The van der Waals surface area contributed by atoms with Crippen LogP contribution < -0.4 is 5.32 Å². The molecular formula is C19H20FNO2. The minimum atomic E-state index is -0.364. The predicted octanol–water partition coefficient (Wildman–Crippen LogP) is 3.80. The van der Waals surface area contributed by atoms with Gasteiger partial charge in [-0.15, -0.1) is 0 Å². The summed E-state index contributed by atoms with van der Waals surface area (Å²) in [7, 11) is 0. The van der Waals surface area contributed by atoms with Crippen LogP contribution in [0.4, 0.5) is 4.39 Å². The van der Waals surface area contributed by atoms with Gasteiger partial charge >= 0.3 is 0 Å². The average Bonchev–Trinajstić information content (AvgIpc) is 2.55. The van der Waals surface area contributed by atoms with Crippen LogP contribution in [0.2, 0.25) is 0 Å². The molecule has 0 fully saturated rings. The first kappa shape index (κ1) is 16.9. The first-order valence-corrected chi connectivity index (χ1v) is 7.65. The van der Waals surface area contributed by atoms with Crippen LogP contribution in [-0.2, 0) is 11.3 Å². The van der Waals surface area contributed by atoms with Crippen molar-refractivity contribution in [3.63, 3.8) is 0 Å². The van der Waals surface area contributed by atoms with E-state index in [-0.39, 0.29) is 23.9 Å². The SMILES string of the molecule is Cc1ccc(CNC(=O)CCCC(=O)c2ccc(F)cc2)cc1. The van der Waals surface area contributed by atoms with Gasteiger partial charge in [0.1, 0.15) is 5.82 Å². The highest BCUT2D eigenvalue weighted by Gasteiger charge is 2.08. The molecular weight excluding hydrogens is 293 g/mol. The van der Waals surface area contributed by atoms with Crippen molar-refractivity contribution in [1.29, 1.82) is 0 Å². The van der Waals surface area contributed by atoms with Crippen LogP contribution >= 0.6 is 0 Å². The van der Waals surface area contributed by atoms with Gasteiger partial charge in [-0.2, -0.15) is 0 Å². The Kier molecular flexibility index (Phi) is 6.03. The fraction of sp³-hybridized carbons (Fsp3) is 0.263. The number of rotatable bonds is 7. The van der Waals surface area contributed by atoms with Gasteiger partial charge in [0.2, 0.25) is 5.91 Å². The highest BCUT2D eigenvalue weighted by atomic mass is 19.1. The molecule has 1 amide bonds. The molecule has 0 aliphatic heterocycles. The molecule has 0 aliphatic carbocycles. The maximum atomic E-state index is 12.8. The van der Waals surface area contributed by atoms with Crippen LogP contribution in [0.5, 0.6) is 0 Å². The van der Waals surface area contributed by atoms with Gasteiger partial charge in [-0.25, -0.2) is 4.39 Å². The van der Waals surface area contributed by atoms with E-state index >= 15 is 0 Å². The molecule has 0 unspecified atom stereocenters. The Morgan fingerprint density at radius 3 is 2.26 bits per heavy atom. The molecule has 0 atom stereocenters. The summed E-state index contributed by atoms with van der Waals surface area (Å²) in [6.45, 7) is 2.51. The van der Waals surface area contributed by atoms with E-state index in [9.17, 15) is 14.0 Å². The highest BCUT2D eigenvalue weighted by molar-refractivity contribution is 5.96. The topological polar surface area (TPSA) is 46.2 Å². The molecule has 0 radical (unpaired) electrons. The van der Waals surface area contributed by atoms with Gasteiger partial charge < -0.3 is 5.32 Å². The van der Waals surface area contributed by atoms with Crippen molar-refractivity contribution in [3.8, 4) is 0 Å². The summed E-state index contributed by atoms with van der Waals surface area (Å²) in [5, 5.41) is 2.84. The zero-order valence-corrected chi connectivity index (χ0v) is 13.1. The third-order valence-corrected chi connectivity index (χ3v) is 3.58. The minimum Gasteiger partial charge on any atom is -0.352 e. The van der Waals surface area contributed by atoms with Crippen LogP contribution in [0.25, 0.3) is 0 Å². The molecule has 1 N–H and O–H groups in total. The lowest BCUT2D eigenvalue weighted by atomic mass is 10.1. The summed E-state index contributed by atoms with van der Waals surface area (Å²) in [5.74, 6) is -0.508. The first-order chi connectivity index (χ1) is 11.0. The smallest absolute Gasteiger partial charge is 0.220 e. The van der Waals surface area contributed by atoms with Gasteiger partial charge in [0.25, 0.3) is 0 Å². The Morgan fingerprint density at radius 2 is 1.61 bits per heavy atom. The van der Waals surface area contributed by atoms with Crippen molar-refractivity contribution in [1.82, 2.24) is 5.32 Å². The standard InChI is InChI=1S/C19H20FNO2/c1-14-5-7-15(8-6-14)13-21-19(23)4-2-3-18(22)16-9-11-17(20)12-10-16/h5-12H,2-4,13H2,1H3,(H,21,23). The first-order valence-electron chi connectivity index (χ1n) is 7.65.